The molecule has 0 aliphatic heterocycles. The van der Waals surface area contributed by atoms with Crippen LogP contribution in [0.2, 0.25) is 0 Å². The first kappa shape index (κ1) is 14.1. The molecule has 100 valence electrons. The molecule has 1 amide bonds. The van der Waals surface area contributed by atoms with Crippen LogP contribution in [0.25, 0.3) is 0 Å². The summed E-state index contributed by atoms with van der Waals surface area (Å²) in [7, 11) is 0. The first-order chi connectivity index (χ1) is 8.42. The lowest BCUT2D eigenvalue weighted by Crippen LogP contribution is -2.31. The fraction of sp³-hybridized carbons (Fsp3) is 0.300. The Kier molecular flexibility index (Phi) is 4.78. The second-order valence-corrected chi connectivity index (χ2v) is 3.16. The fourth-order valence-corrected chi connectivity index (χ4v) is 1.10. The average Bonchev–Trinajstić information content (AvgIpc) is 2.29. The summed E-state index contributed by atoms with van der Waals surface area (Å²) in [6.45, 7) is -0.110. The molecule has 5 nitrogen and oxygen atoms in total. The third-order valence-corrected chi connectivity index (χ3v) is 1.82. The van der Waals surface area contributed by atoms with Gasteiger partial charge in [-0.15, -0.1) is 13.2 Å². The predicted molar refractivity (Wildman–Crippen MR) is 55.6 cm³/mol. The zero-order chi connectivity index (χ0) is 13.6. The number of carbonyl (C=O) groups is 1. The Hall–Kier alpha value is -1.96. The third-order valence-electron chi connectivity index (χ3n) is 1.82. The summed E-state index contributed by atoms with van der Waals surface area (Å²) in [4.78, 5) is 10.8. The van der Waals surface area contributed by atoms with Gasteiger partial charge >= 0.3 is 6.36 Å². The number of rotatable bonds is 5. The Morgan fingerprint density at radius 1 is 1.28 bits per heavy atom. The van der Waals surface area contributed by atoms with Gasteiger partial charge in [0.15, 0.2) is 11.5 Å². The summed E-state index contributed by atoms with van der Waals surface area (Å²) in [5.74, 6) is 3.80. The normalized spacial score (nSPS) is 10.9. The van der Waals surface area contributed by atoms with Gasteiger partial charge in [0.2, 0.25) is 5.91 Å². The van der Waals surface area contributed by atoms with E-state index in [4.69, 9.17) is 10.6 Å². The molecular weight excluding hydrogens is 253 g/mol. The number of benzene rings is 1. The molecule has 18 heavy (non-hydrogen) atoms. The van der Waals surface area contributed by atoms with Crippen LogP contribution in [0.15, 0.2) is 24.3 Å². The summed E-state index contributed by atoms with van der Waals surface area (Å²) in [5.41, 5.74) is 1.87. The van der Waals surface area contributed by atoms with Gasteiger partial charge in [-0.1, -0.05) is 12.1 Å². The lowest BCUT2D eigenvalue weighted by Gasteiger charge is -2.13. The van der Waals surface area contributed by atoms with E-state index in [1.54, 1.807) is 0 Å². The van der Waals surface area contributed by atoms with Crippen molar-refractivity contribution in [3.8, 4) is 11.5 Å². The molecule has 0 fully saturated rings. The second kappa shape index (κ2) is 6.10. The molecule has 0 unspecified atom stereocenters. The molecule has 0 aliphatic carbocycles. The van der Waals surface area contributed by atoms with Gasteiger partial charge in [0.25, 0.3) is 0 Å². The Labute approximate surface area is 101 Å². The molecule has 0 saturated carbocycles. The zero-order valence-corrected chi connectivity index (χ0v) is 9.16. The Balaban J connectivity index is 2.62. The van der Waals surface area contributed by atoms with Crippen LogP contribution in [0.5, 0.6) is 11.5 Å². The molecule has 1 rings (SSSR count). The number of halogens is 3. The topological polar surface area (TPSA) is 73.6 Å². The minimum atomic E-state index is -4.80. The molecule has 3 N–H and O–H groups in total. The molecule has 0 bridgehead atoms. The number of carbonyl (C=O) groups excluding carboxylic acids is 1. The highest BCUT2D eigenvalue weighted by molar-refractivity contribution is 5.75. The fourth-order valence-electron chi connectivity index (χ4n) is 1.10. The van der Waals surface area contributed by atoms with E-state index in [-0.39, 0.29) is 18.8 Å². The Morgan fingerprint density at radius 3 is 2.44 bits per heavy atom. The molecule has 0 saturated heterocycles. The number of hydrogen-bond donors (Lipinski definition) is 2. The maximum absolute atomic E-state index is 12.1. The zero-order valence-electron chi connectivity index (χ0n) is 9.16. The van der Waals surface area contributed by atoms with Gasteiger partial charge in [-0.2, -0.15) is 0 Å². The third kappa shape index (κ3) is 4.91. The summed E-state index contributed by atoms with van der Waals surface area (Å²) >= 11 is 0. The average molecular weight is 264 g/mol. The van der Waals surface area contributed by atoms with Crippen LogP contribution in [-0.2, 0) is 4.79 Å². The van der Waals surface area contributed by atoms with Crippen molar-refractivity contribution in [1.29, 1.82) is 0 Å². The van der Waals surface area contributed by atoms with Gasteiger partial charge in [0.1, 0.15) is 0 Å². The van der Waals surface area contributed by atoms with Gasteiger partial charge in [-0.05, 0) is 12.1 Å². The van der Waals surface area contributed by atoms with Gasteiger partial charge in [0, 0.05) is 0 Å². The summed E-state index contributed by atoms with van der Waals surface area (Å²) in [6.07, 6.45) is -4.87. The number of ether oxygens (including phenoxy) is 2. The first-order valence-corrected chi connectivity index (χ1v) is 4.89. The Morgan fingerprint density at radius 2 is 1.89 bits per heavy atom. The van der Waals surface area contributed by atoms with E-state index >= 15 is 0 Å². The van der Waals surface area contributed by atoms with Crippen molar-refractivity contribution in [3.63, 3.8) is 0 Å². The molecule has 0 aromatic heterocycles. The van der Waals surface area contributed by atoms with E-state index in [2.05, 4.69) is 4.74 Å². The molecule has 0 aliphatic rings. The van der Waals surface area contributed by atoms with Crippen molar-refractivity contribution in [2.45, 2.75) is 12.8 Å². The van der Waals surface area contributed by atoms with Crippen molar-refractivity contribution >= 4 is 5.91 Å². The molecule has 0 radical (unpaired) electrons. The van der Waals surface area contributed by atoms with Gasteiger partial charge < -0.3 is 9.47 Å². The van der Waals surface area contributed by atoms with Crippen LogP contribution in [0.3, 0.4) is 0 Å². The number of nitrogens with one attached hydrogen (secondary N) is 1. The second-order valence-electron chi connectivity index (χ2n) is 3.16. The van der Waals surface area contributed by atoms with Gasteiger partial charge in [-0.3, -0.25) is 10.2 Å². The number of hydrazine groups is 1. The standard InChI is InChI=1S/C10H11F3N2O3/c11-10(12,13)18-8-4-2-1-3-7(8)17-6-5-9(16)15-14/h1-4H,5-6,14H2,(H,15,16). The van der Waals surface area contributed by atoms with Crippen molar-refractivity contribution in [3.05, 3.63) is 24.3 Å². The van der Waals surface area contributed by atoms with Crippen LogP contribution >= 0.6 is 0 Å². The summed E-state index contributed by atoms with van der Waals surface area (Å²) in [6, 6.07) is 5.29. The molecular formula is C10H11F3N2O3. The minimum absolute atomic E-state index is 0.0726. The first-order valence-electron chi connectivity index (χ1n) is 4.89. The molecule has 0 spiro atoms. The number of para-hydroxylation sites is 2. The molecule has 0 heterocycles. The summed E-state index contributed by atoms with van der Waals surface area (Å²) in [5, 5.41) is 0. The van der Waals surface area contributed by atoms with E-state index in [9.17, 15) is 18.0 Å². The van der Waals surface area contributed by atoms with Gasteiger partial charge in [-0.25, -0.2) is 5.84 Å². The van der Waals surface area contributed by atoms with E-state index in [1.807, 2.05) is 5.43 Å². The van der Waals surface area contributed by atoms with Crippen molar-refractivity contribution in [1.82, 2.24) is 5.43 Å². The molecule has 1 aromatic carbocycles. The van der Waals surface area contributed by atoms with Crippen molar-refractivity contribution < 1.29 is 27.4 Å². The monoisotopic (exact) mass is 264 g/mol. The molecule has 8 heteroatoms. The summed E-state index contributed by atoms with van der Waals surface area (Å²) < 4.78 is 45.0. The lowest BCUT2D eigenvalue weighted by atomic mass is 10.3. The highest BCUT2D eigenvalue weighted by Crippen LogP contribution is 2.31. The quantitative estimate of drug-likeness (QED) is 0.478. The van der Waals surface area contributed by atoms with Crippen molar-refractivity contribution in [2.75, 3.05) is 6.61 Å². The number of alkyl halides is 3. The van der Waals surface area contributed by atoms with E-state index < -0.39 is 18.0 Å². The smallest absolute Gasteiger partial charge is 0.489 e. The van der Waals surface area contributed by atoms with Crippen LogP contribution < -0.4 is 20.7 Å². The van der Waals surface area contributed by atoms with Crippen LogP contribution in [0, 0.1) is 0 Å². The van der Waals surface area contributed by atoms with Crippen LogP contribution in [-0.4, -0.2) is 18.9 Å². The van der Waals surface area contributed by atoms with Crippen molar-refractivity contribution in [2.24, 2.45) is 5.84 Å². The molecule has 1 aromatic rings. The largest absolute Gasteiger partial charge is 0.573 e. The highest BCUT2D eigenvalue weighted by Gasteiger charge is 2.32. The van der Waals surface area contributed by atoms with E-state index in [0.717, 1.165) is 6.07 Å². The number of amides is 1. The molecule has 0 atom stereocenters. The maximum atomic E-state index is 12.1. The van der Waals surface area contributed by atoms with Crippen LogP contribution in [0.4, 0.5) is 13.2 Å². The highest BCUT2D eigenvalue weighted by atomic mass is 19.4. The lowest BCUT2D eigenvalue weighted by molar-refractivity contribution is -0.275. The minimum Gasteiger partial charge on any atom is -0.489 e. The number of nitrogens with two attached hydrogens (primary N) is 1. The Bertz CT molecular complexity index is 410. The number of hydrogen-bond acceptors (Lipinski definition) is 4. The SMILES string of the molecule is NNC(=O)CCOc1ccccc1OC(F)(F)F. The van der Waals surface area contributed by atoms with Gasteiger partial charge in [0.05, 0.1) is 13.0 Å². The predicted octanol–water partition coefficient (Wildman–Crippen LogP) is 1.34. The van der Waals surface area contributed by atoms with E-state index in [1.165, 1.54) is 18.2 Å². The van der Waals surface area contributed by atoms with E-state index in [0.29, 0.717) is 0 Å². The van der Waals surface area contributed by atoms with Crippen LogP contribution in [0.1, 0.15) is 6.42 Å². The maximum Gasteiger partial charge on any atom is 0.573 e.